The number of imidazole rings is 1. The van der Waals surface area contributed by atoms with Crippen LogP contribution in [0, 0.1) is 0 Å². The molecule has 1 saturated heterocycles. The van der Waals surface area contributed by atoms with Gasteiger partial charge in [0.05, 0.1) is 0 Å². The first kappa shape index (κ1) is 16.0. The highest BCUT2D eigenvalue weighted by Gasteiger charge is 2.17. The highest BCUT2D eigenvalue weighted by atomic mass is 35.5. The number of ether oxygens (including phenoxy) is 1. The van der Waals surface area contributed by atoms with Crippen molar-refractivity contribution in [2.45, 2.75) is 45.1 Å². The molecule has 0 aromatic carbocycles. The van der Waals surface area contributed by atoms with Crippen molar-refractivity contribution in [3.05, 3.63) is 17.2 Å². The van der Waals surface area contributed by atoms with Crippen molar-refractivity contribution in [2.24, 2.45) is 0 Å². The summed E-state index contributed by atoms with van der Waals surface area (Å²) in [4.78, 5) is 16.9. The summed E-state index contributed by atoms with van der Waals surface area (Å²) in [5.74, 6) is 1.61. The molecular formula is C13H22ClN3O2. The van der Waals surface area contributed by atoms with Crippen molar-refractivity contribution >= 4 is 18.1 Å². The molecule has 19 heavy (non-hydrogen) atoms. The molecule has 2 rings (SSSR count). The van der Waals surface area contributed by atoms with E-state index in [4.69, 9.17) is 11.6 Å². The summed E-state index contributed by atoms with van der Waals surface area (Å²) in [6.45, 7) is 8.09. The van der Waals surface area contributed by atoms with E-state index in [0.29, 0.717) is 17.5 Å². The molecule has 0 radical (unpaired) electrons. The van der Waals surface area contributed by atoms with E-state index in [2.05, 4.69) is 20.0 Å². The maximum absolute atomic E-state index is 9.60. The lowest BCUT2D eigenvalue weighted by Crippen LogP contribution is -2.27. The number of aromatic nitrogens is 2. The summed E-state index contributed by atoms with van der Waals surface area (Å²) < 4.78 is 4.55. The van der Waals surface area contributed by atoms with Crippen molar-refractivity contribution in [3.8, 4) is 0 Å². The van der Waals surface area contributed by atoms with Gasteiger partial charge in [-0.15, -0.1) is 0 Å². The van der Waals surface area contributed by atoms with E-state index in [1.807, 2.05) is 20.8 Å². The molecule has 0 saturated carbocycles. The van der Waals surface area contributed by atoms with Crippen molar-refractivity contribution in [3.63, 3.8) is 0 Å². The average molecular weight is 288 g/mol. The lowest BCUT2D eigenvalue weighted by atomic mass is 9.98. The van der Waals surface area contributed by atoms with Crippen LogP contribution in [0.3, 0.4) is 0 Å². The molecule has 2 N–H and O–H groups in total. The van der Waals surface area contributed by atoms with Crippen LogP contribution in [0.2, 0.25) is 5.15 Å². The van der Waals surface area contributed by atoms with E-state index in [-0.39, 0.29) is 5.60 Å². The second-order valence-electron chi connectivity index (χ2n) is 5.46. The number of nitrogens with one attached hydrogen (secondary N) is 2. The third-order valence-corrected chi connectivity index (χ3v) is 2.89. The Morgan fingerprint density at radius 1 is 1.42 bits per heavy atom. The number of aromatic amines is 1. The Morgan fingerprint density at radius 2 is 2.05 bits per heavy atom. The van der Waals surface area contributed by atoms with Crippen LogP contribution in [0.4, 0.5) is 0 Å². The Bertz CT molecular complexity index is 381. The average Bonchev–Trinajstić information content (AvgIpc) is 2.76. The highest BCUT2D eigenvalue weighted by Crippen LogP contribution is 2.23. The Balaban J connectivity index is 0.000000224. The minimum absolute atomic E-state index is 0.318. The maximum Gasteiger partial charge on any atom is 0.293 e. The van der Waals surface area contributed by atoms with Gasteiger partial charge in [-0.2, -0.15) is 0 Å². The largest absolute Gasteiger partial charge is 0.462 e. The van der Waals surface area contributed by atoms with Gasteiger partial charge in [0.25, 0.3) is 6.47 Å². The van der Waals surface area contributed by atoms with Crippen LogP contribution >= 0.6 is 11.6 Å². The molecule has 0 amide bonds. The fraction of sp³-hybridized carbons (Fsp3) is 0.692. The molecule has 0 aliphatic carbocycles. The molecule has 0 bridgehead atoms. The Hall–Kier alpha value is -1.07. The number of halogens is 1. The predicted molar refractivity (Wildman–Crippen MR) is 75.3 cm³/mol. The van der Waals surface area contributed by atoms with Gasteiger partial charge < -0.3 is 15.0 Å². The summed E-state index contributed by atoms with van der Waals surface area (Å²) in [5, 5.41) is 3.89. The quantitative estimate of drug-likeness (QED) is 0.820. The van der Waals surface area contributed by atoms with Gasteiger partial charge in [-0.05, 0) is 46.7 Å². The molecule has 108 valence electrons. The van der Waals surface area contributed by atoms with Gasteiger partial charge in [-0.3, -0.25) is 4.79 Å². The molecule has 1 aromatic rings. The van der Waals surface area contributed by atoms with E-state index >= 15 is 0 Å². The maximum atomic E-state index is 9.60. The molecule has 0 spiro atoms. The molecule has 1 fully saturated rings. The van der Waals surface area contributed by atoms with Gasteiger partial charge in [0.2, 0.25) is 0 Å². The second kappa shape index (κ2) is 7.50. The Morgan fingerprint density at radius 3 is 2.42 bits per heavy atom. The van der Waals surface area contributed by atoms with E-state index in [9.17, 15) is 4.79 Å². The number of rotatable bonds is 2. The van der Waals surface area contributed by atoms with Crippen LogP contribution in [0.25, 0.3) is 0 Å². The number of hydrogen-bond donors (Lipinski definition) is 2. The third-order valence-electron chi connectivity index (χ3n) is 2.69. The van der Waals surface area contributed by atoms with E-state index in [1.54, 1.807) is 6.20 Å². The van der Waals surface area contributed by atoms with Crippen LogP contribution in [0.5, 0.6) is 0 Å². The predicted octanol–water partition coefficient (Wildman–Crippen LogP) is 2.49. The topological polar surface area (TPSA) is 67.0 Å². The summed E-state index contributed by atoms with van der Waals surface area (Å²) in [6.07, 6.45) is 4.06. The van der Waals surface area contributed by atoms with Crippen molar-refractivity contribution in [1.82, 2.24) is 15.3 Å². The first-order chi connectivity index (χ1) is 8.92. The number of hydrogen-bond acceptors (Lipinski definition) is 4. The molecule has 6 heteroatoms. The normalized spacial score (nSPS) is 16.4. The molecule has 2 heterocycles. The SMILES string of the molecule is CC(C)(C)OC=O.Clc1c[nH]c(C2CCNCC2)n1. The van der Waals surface area contributed by atoms with Crippen molar-refractivity contribution in [1.29, 1.82) is 0 Å². The van der Waals surface area contributed by atoms with E-state index in [1.165, 1.54) is 0 Å². The van der Waals surface area contributed by atoms with Crippen molar-refractivity contribution in [2.75, 3.05) is 13.1 Å². The molecular weight excluding hydrogens is 266 g/mol. The Labute approximate surface area is 119 Å². The first-order valence-electron chi connectivity index (χ1n) is 6.45. The Kier molecular flexibility index (Phi) is 6.31. The number of piperidine rings is 1. The molecule has 1 aliphatic heterocycles. The zero-order valence-electron chi connectivity index (χ0n) is 11.7. The zero-order valence-corrected chi connectivity index (χ0v) is 12.5. The van der Waals surface area contributed by atoms with E-state index in [0.717, 1.165) is 31.8 Å². The first-order valence-corrected chi connectivity index (χ1v) is 6.83. The molecule has 5 nitrogen and oxygen atoms in total. The van der Waals surface area contributed by atoms with Gasteiger partial charge in [-0.25, -0.2) is 4.98 Å². The lowest BCUT2D eigenvalue weighted by Gasteiger charge is -2.20. The molecule has 1 aromatic heterocycles. The fourth-order valence-corrected chi connectivity index (χ4v) is 1.91. The number of carbonyl (C=O) groups is 1. The summed E-state index contributed by atoms with van der Waals surface area (Å²) >= 11 is 5.72. The smallest absolute Gasteiger partial charge is 0.293 e. The number of carbonyl (C=O) groups excluding carboxylic acids is 1. The van der Waals surface area contributed by atoms with Crippen molar-refractivity contribution < 1.29 is 9.53 Å². The second-order valence-corrected chi connectivity index (χ2v) is 5.85. The summed E-state index contributed by atoms with van der Waals surface area (Å²) in [7, 11) is 0. The van der Waals surface area contributed by atoms with Gasteiger partial charge in [0.15, 0.2) is 0 Å². The molecule has 1 aliphatic rings. The summed E-state index contributed by atoms with van der Waals surface area (Å²) in [6, 6.07) is 0. The minimum atomic E-state index is -0.318. The third kappa shape index (κ3) is 6.59. The minimum Gasteiger partial charge on any atom is -0.462 e. The molecule has 0 atom stereocenters. The number of H-pyrrole nitrogens is 1. The number of nitrogens with zero attached hydrogens (tertiary/aromatic N) is 1. The standard InChI is InChI=1S/C8H12ClN3.C5H10O2/c9-7-5-11-8(12-7)6-1-3-10-4-2-6;1-5(2,3)7-4-6/h5-6,10H,1-4H2,(H,11,12);4H,1-3H3. The van der Waals surface area contributed by atoms with Crippen LogP contribution in [-0.4, -0.2) is 35.1 Å². The van der Waals surface area contributed by atoms with Crippen LogP contribution in [0.1, 0.15) is 45.4 Å². The van der Waals surface area contributed by atoms with Gasteiger partial charge >= 0.3 is 0 Å². The van der Waals surface area contributed by atoms with Gasteiger partial charge in [0, 0.05) is 12.1 Å². The van der Waals surface area contributed by atoms with Gasteiger partial charge in [-0.1, -0.05) is 11.6 Å². The zero-order chi connectivity index (χ0) is 14.3. The summed E-state index contributed by atoms with van der Waals surface area (Å²) in [5.41, 5.74) is -0.318. The van der Waals surface area contributed by atoms with Gasteiger partial charge in [0.1, 0.15) is 16.6 Å². The lowest BCUT2D eigenvalue weighted by molar-refractivity contribution is -0.138. The highest BCUT2D eigenvalue weighted by molar-refractivity contribution is 6.29. The van der Waals surface area contributed by atoms with E-state index < -0.39 is 0 Å². The fourth-order valence-electron chi connectivity index (χ4n) is 1.76. The monoisotopic (exact) mass is 287 g/mol. The van der Waals surface area contributed by atoms with Crippen LogP contribution in [0.15, 0.2) is 6.20 Å². The van der Waals surface area contributed by atoms with Crippen LogP contribution in [-0.2, 0) is 9.53 Å². The van der Waals surface area contributed by atoms with Crippen LogP contribution < -0.4 is 5.32 Å². The molecule has 0 unspecified atom stereocenters.